The molecule has 0 unspecified atom stereocenters. The van der Waals surface area contributed by atoms with Crippen LogP contribution in [0.1, 0.15) is 40.5 Å². The van der Waals surface area contributed by atoms with Gasteiger partial charge in [0.05, 0.1) is 0 Å². The molecule has 21 heavy (non-hydrogen) atoms. The van der Waals surface area contributed by atoms with Gasteiger partial charge in [-0.1, -0.05) is 5.57 Å². The zero-order chi connectivity index (χ0) is 15.8. The fourth-order valence-electron chi connectivity index (χ4n) is 2.90. The molecule has 1 N–H and O–H groups in total. The molecule has 4 amide bonds. The minimum Gasteiger partial charge on any atom is -0.339 e. The van der Waals surface area contributed by atoms with Crippen LogP contribution in [0.15, 0.2) is 11.6 Å². The first-order valence-electron chi connectivity index (χ1n) is 7.36. The molecule has 2 aliphatic rings. The number of urea groups is 1. The lowest BCUT2D eigenvalue weighted by molar-refractivity contribution is -0.137. The molecule has 0 bridgehead atoms. The predicted molar refractivity (Wildman–Crippen MR) is 78.5 cm³/mol. The van der Waals surface area contributed by atoms with Crippen molar-refractivity contribution in [1.29, 1.82) is 0 Å². The Kier molecular flexibility index (Phi) is 4.07. The van der Waals surface area contributed by atoms with Crippen LogP contribution in [0.25, 0.3) is 0 Å². The van der Waals surface area contributed by atoms with Crippen LogP contribution < -0.4 is 5.32 Å². The Bertz CT molecular complexity index is 498. The standard InChI is InChI=1S/C15H23N3O3/c1-10(2)9-12(19)17-7-5-15(6-8-17)13(20)18(11(3)4)14(21)16-15/h9,11H,5-8H2,1-4H3,(H,16,21). The maximum atomic E-state index is 12.5. The second-order valence-corrected chi connectivity index (χ2v) is 6.33. The van der Waals surface area contributed by atoms with E-state index in [4.69, 9.17) is 0 Å². The van der Waals surface area contributed by atoms with E-state index in [1.165, 1.54) is 4.90 Å². The highest BCUT2D eigenvalue weighted by atomic mass is 16.2. The second kappa shape index (κ2) is 5.50. The summed E-state index contributed by atoms with van der Waals surface area (Å²) in [5.41, 5.74) is 0.139. The van der Waals surface area contributed by atoms with Gasteiger partial charge in [0, 0.05) is 25.2 Å². The number of hydrogen-bond acceptors (Lipinski definition) is 3. The Morgan fingerprint density at radius 1 is 1.24 bits per heavy atom. The van der Waals surface area contributed by atoms with Crippen molar-refractivity contribution in [2.24, 2.45) is 0 Å². The van der Waals surface area contributed by atoms with E-state index < -0.39 is 5.54 Å². The highest BCUT2D eigenvalue weighted by molar-refractivity contribution is 6.07. The number of amides is 4. The minimum absolute atomic E-state index is 0.0256. The molecule has 0 saturated carbocycles. The Morgan fingerprint density at radius 2 is 1.81 bits per heavy atom. The molecule has 0 aromatic heterocycles. The largest absolute Gasteiger partial charge is 0.339 e. The summed E-state index contributed by atoms with van der Waals surface area (Å²) in [6.45, 7) is 8.38. The van der Waals surface area contributed by atoms with E-state index in [-0.39, 0.29) is 23.9 Å². The normalized spacial score (nSPS) is 21.0. The number of likely N-dealkylation sites (tertiary alicyclic amines) is 1. The summed E-state index contributed by atoms with van der Waals surface area (Å²) in [4.78, 5) is 39.5. The molecule has 0 radical (unpaired) electrons. The Hall–Kier alpha value is -1.85. The van der Waals surface area contributed by atoms with Crippen LogP contribution in [0.5, 0.6) is 0 Å². The lowest BCUT2D eigenvalue weighted by Gasteiger charge is -2.37. The van der Waals surface area contributed by atoms with Crippen LogP contribution in [0.2, 0.25) is 0 Å². The molecular formula is C15H23N3O3. The van der Waals surface area contributed by atoms with Gasteiger partial charge >= 0.3 is 6.03 Å². The summed E-state index contributed by atoms with van der Waals surface area (Å²) in [7, 11) is 0. The van der Waals surface area contributed by atoms with Crippen molar-refractivity contribution in [2.45, 2.75) is 52.1 Å². The molecule has 2 fully saturated rings. The number of nitrogens with one attached hydrogen (secondary N) is 1. The third-order valence-electron chi connectivity index (χ3n) is 4.05. The van der Waals surface area contributed by atoms with Gasteiger partial charge in [-0.05, 0) is 40.5 Å². The van der Waals surface area contributed by atoms with Gasteiger partial charge in [0.25, 0.3) is 5.91 Å². The minimum atomic E-state index is -0.816. The van der Waals surface area contributed by atoms with Gasteiger partial charge in [-0.2, -0.15) is 0 Å². The molecule has 1 spiro atoms. The summed E-state index contributed by atoms with van der Waals surface area (Å²) in [5, 5.41) is 2.83. The number of rotatable bonds is 2. The first-order chi connectivity index (χ1) is 9.77. The van der Waals surface area contributed by atoms with E-state index in [9.17, 15) is 14.4 Å². The van der Waals surface area contributed by atoms with E-state index in [1.807, 2.05) is 27.7 Å². The molecule has 0 aromatic carbocycles. The summed E-state index contributed by atoms with van der Waals surface area (Å²) in [5.74, 6) is -0.181. The summed E-state index contributed by atoms with van der Waals surface area (Å²) in [6, 6.07) is -0.471. The quantitative estimate of drug-likeness (QED) is 0.616. The Balaban J connectivity index is 2.07. The van der Waals surface area contributed by atoms with Crippen LogP contribution in [0.4, 0.5) is 4.79 Å². The van der Waals surface area contributed by atoms with Crippen molar-refractivity contribution in [2.75, 3.05) is 13.1 Å². The zero-order valence-corrected chi connectivity index (χ0v) is 13.1. The van der Waals surface area contributed by atoms with Crippen molar-refractivity contribution in [3.63, 3.8) is 0 Å². The summed E-state index contributed by atoms with van der Waals surface area (Å²) in [6.07, 6.45) is 2.56. The maximum Gasteiger partial charge on any atom is 0.325 e. The SMILES string of the molecule is CC(C)=CC(=O)N1CCC2(CC1)NC(=O)N(C(C)C)C2=O. The molecule has 0 aliphatic carbocycles. The highest BCUT2D eigenvalue weighted by Crippen LogP contribution is 2.30. The van der Waals surface area contributed by atoms with Crippen molar-refractivity contribution in [1.82, 2.24) is 15.1 Å². The molecule has 0 atom stereocenters. The van der Waals surface area contributed by atoms with Crippen molar-refractivity contribution >= 4 is 17.8 Å². The molecule has 2 heterocycles. The maximum absolute atomic E-state index is 12.5. The third-order valence-corrected chi connectivity index (χ3v) is 4.05. The van der Waals surface area contributed by atoms with E-state index in [1.54, 1.807) is 11.0 Å². The van der Waals surface area contributed by atoms with Gasteiger partial charge in [-0.3, -0.25) is 14.5 Å². The smallest absolute Gasteiger partial charge is 0.325 e. The van der Waals surface area contributed by atoms with E-state index in [2.05, 4.69) is 5.32 Å². The monoisotopic (exact) mass is 293 g/mol. The van der Waals surface area contributed by atoms with E-state index >= 15 is 0 Å². The summed E-state index contributed by atoms with van der Waals surface area (Å²) >= 11 is 0. The molecule has 2 saturated heterocycles. The van der Waals surface area contributed by atoms with Crippen LogP contribution in [-0.2, 0) is 9.59 Å². The zero-order valence-electron chi connectivity index (χ0n) is 13.1. The summed E-state index contributed by atoms with van der Waals surface area (Å²) < 4.78 is 0. The highest BCUT2D eigenvalue weighted by Gasteiger charge is 2.53. The topological polar surface area (TPSA) is 69.7 Å². The fourth-order valence-corrected chi connectivity index (χ4v) is 2.90. The molecule has 116 valence electrons. The van der Waals surface area contributed by atoms with Crippen LogP contribution in [0, 0.1) is 0 Å². The second-order valence-electron chi connectivity index (χ2n) is 6.33. The number of allylic oxidation sites excluding steroid dienone is 1. The Morgan fingerprint density at radius 3 is 2.24 bits per heavy atom. The molecule has 0 aromatic rings. The third kappa shape index (κ3) is 2.80. The number of nitrogens with zero attached hydrogens (tertiary/aromatic N) is 2. The van der Waals surface area contributed by atoms with Crippen LogP contribution in [-0.4, -0.2) is 52.3 Å². The van der Waals surface area contributed by atoms with Gasteiger partial charge in [0.1, 0.15) is 5.54 Å². The lowest BCUT2D eigenvalue weighted by atomic mass is 9.87. The average molecular weight is 293 g/mol. The van der Waals surface area contributed by atoms with Gasteiger partial charge in [0.2, 0.25) is 5.91 Å². The van der Waals surface area contributed by atoms with E-state index in [0.717, 1.165) is 5.57 Å². The van der Waals surface area contributed by atoms with Gasteiger partial charge in [-0.15, -0.1) is 0 Å². The first kappa shape index (κ1) is 15.5. The number of carbonyl (C=O) groups excluding carboxylic acids is 3. The Labute approximate surface area is 125 Å². The number of hydrogen-bond donors (Lipinski definition) is 1. The van der Waals surface area contributed by atoms with Crippen molar-refractivity contribution in [3.05, 3.63) is 11.6 Å². The molecule has 2 rings (SSSR count). The van der Waals surface area contributed by atoms with Gasteiger partial charge in [-0.25, -0.2) is 4.79 Å². The number of imide groups is 1. The predicted octanol–water partition coefficient (Wildman–Crippen LogP) is 1.27. The number of piperidine rings is 1. The average Bonchev–Trinajstić information content (AvgIpc) is 2.60. The molecule has 6 heteroatoms. The van der Waals surface area contributed by atoms with Crippen molar-refractivity contribution < 1.29 is 14.4 Å². The van der Waals surface area contributed by atoms with Crippen LogP contribution in [0.3, 0.4) is 0 Å². The number of carbonyl (C=O) groups is 3. The van der Waals surface area contributed by atoms with E-state index in [0.29, 0.717) is 25.9 Å². The lowest BCUT2D eigenvalue weighted by Crippen LogP contribution is -2.55. The molecular weight excluding hydrogens is 270 g/mol. The van der Waals surface area contributed by atoms with Gasteiger partial charge in [0.15, 0.2) is 0 Å². The fraction of sp³-hybridized carbons (Fsp3) is 0.667. The van der Waals surface area contributed by atoms with Crippen molar-refractivity contribution in [3.8, 4) is 0 Å². The van der Waals surface area contributed by atoms with Crippen LogP contribution >= 0.6 is 0 Å². The molecule has 6 nitrogen and oxygen atoms in total. The first-order valence-corrected chi connectivity index (χ1v) is 7.36. The molecule has 2 aliphatic heterocycles. The van der Waals surface area contributed by atoms with Gasteiger partial charge < -0.3 is 10.2 Å².